The Morgan fingerprint density at radius 2 is 2.10 bits per heavy atom. The lowest BCUT2D eigenvalue weighted by molar-refractivity contribution is 0.257. The van der Waals surface area contributed by atoms with Gasteiger partial charge in [0.15, 0.2) is 0 Å². The maximum atomic E-state index is 12.8. The van der Waals surface area contributed by atoms with Gasteiger partial charge in [-0.3, -0.25) is 4.90 Å². The maximum absolute atomic E-state index is 12.8. The fourth-order valence-electron chi connectivity index (χ4n) is 3.28. The van der Waals surface area contributed by atoms with Crippen LogP contribution in [0.15, 0.2) is 16.3 Å². The summed E-state index contributed by atoms with van der Waals surface area (Å²) in [6.07, 6.45) is 3.26. The summed E-state index contributed by atoms with van der Waals surface area (Å²) in [5, 5.41) is 3.06. The van der Waals surface area contributed by atoms with Crippen LogP contribution in [0.3, 0.4) is 0 Å². The summed E-state index contributed by atoms with van der Waals surface area (Å²) in [6.45, 7) is 4.18. The first-order valence-corrected chi connectivity index (χ1v) is 9.84. The van der Waals surface area contributed by atoms with Crippen LogP contribution in [0.5, 0.6) is 0 Å². The molecule has 1 atom stereocenters. The Morgan fingerprint density at radius 3 is 2.90 bits per heavy atom. The first kappa shape index (κ1) is 15.4. The van der Waals surface area contributed by atoms with Gasteiger partial charge in [-0.25, -0.2) is 8.42 Å². The monoisotopic (exact) mass is 329 g/mol. The number of nitrogens with one attached hydrogen (secondary N) is 1. The molecule has 7 heteroatoms. The van der Waals surface area contributed by atoms with E-state index in [1.165, 1.54) is 17.8 Å². The highest BCUT2D eigenvalue weighted by Crippen LogP contribution is 2.28. The molecular weight excluding hydrogens is 306 g/mol. The zero-order valence-corrected chi connectivity index (χ0v) is 14.0. The van der Waals surface area contributed by atoms with Gasteiger partial charge in [-0.2, -0.15) is 4.31 Å². The van der Waals surface area contributed by atoms with Crippen molar-refractivity contribution in [1.29, 1.82) is 0 Å². The number of sulfonamides is 1. The molecule has 2 aliphatic rings. The minimum Gasteiger partial charge on any atom is -0.315 e. The first-order chi connectivity index (χ1) is 10.1. The second-order valence-electron chi connectivity index (χ2n) is 5.80. The summed E-state index contributed by atoms with van der Waals surface area (Å²) in [5.41, 5.74) is 0. The van der Waals surface area contributed by atoms with Gasteiger partial charge in [0.05, 0.1) is 0 Å². The van der Waals surface area contributed by atoms with Crippen molar-refractivity contribution in [2.45, 2.75) is 36.1 Å². The second kappa shape index (κ2) is 6.34. The van der Waals surface area contributed by atoms with Crippen LogP contribution >= 0.6 is 11.3 Å². The fraction of sp³-hybridized carbons (Fsp3) is 0.714. The second-order valence-corrected chi connectivity index (χ2v) is 9.13. The largest absolute Gasteiger partial charge is 0.315 e. The number of rotatable bonds is 4. The van der Waals surface area contributed by atoms with Gasteiger partial charge in [0.2, 0.25) is 0 Å². The van der Waals surface area contributed by atoms with Crippen LogP contribution in [0.1, 0.15) is 24.1 Å². The predicted molar refractivity (Wildman–Crippen MR) is 85.1 cm³/mol. The van der Waals surface area contributed by atoms with Crippen LogP contribution in [0.25, 0.3) is 0 Å². The number of hydrogen-bond acceptors (Lipinski definition) is 5. The Balaban J connectivity index is 1.79. The highest BCUT2D eigenvalue weighted by molar-refractivity contribution is 7.91. The third-order valence-electron chi connectivity index (χ3n) is 4.35. The van der Waals surface area contributed by atoms with Crippen LogP contribution in [-0.2, 0) is 16.6 Å². The van der Waals surface area contributed by atoms with Gasteiger partial charge in [0, 0.05) is 30.6 Å². The average molecular weight is 329 g/mol. The molecule has 1 aromatic rings. The fourth-order valence-corrected chi connectivity index (χ4v) is 6.32. The average Bonchev–Trinajstić information content (AvgIpc) is 3.05. The van der Waals surface area contributed by atoms with E-state index in [1.54, 1.807) is 10.4 Å². The van der Waals surface area contributed by atoms with Crippen LogP contribution < -0.4 is 5.32 Å². The van der Waals surface area contributed by atoms with Gasteiger partial charge < -0.3 is 5.32 Å². The lowest BCUT2D eigenvalue weighted by Crippen LogP contribution is -2.39. The summed E-state index contributed by atoms with van der Waals surface area (Å²) >= 11 is 1.38. The van der Waals surface area contributed by atoms with E-state index in [0.29, 0.717) is 23.3 Å². The maximum Gasteiger partial charge on any atom is 0.252 e. The van der Waals surface area contributed by atoms with Crippen molar-refractivity contribution in [3.8, 4) is 0 Å². The Morgan fingerprint density at radius 1 is 1.29 bits per heavy atom. The molecule has 0 bridgehead atoms. The highest BCUT2D eigenvalue weighted by Gasteiger charge is 2.34. The van der Waals surface area contributed by atoms with Gasteiger partial charge in [-0.1, -0.05) is 0 Å². The molecule has 0 amide bonds. The summed E-state index contributed by atoms with van der Waals surface area (Å²) in [7, 11) is -1.45. The molecule has 2 fully saturated rings. The Bertz CT molecular complexity index is 585. The molecule has 3 rings (SSSR count). The molecule has 0 aliphatic carbocycles. The molecule has 1 unspecified atom stereocenters. The lowest BCUT2D eigenvalue weighted by atomic mass is 10.2. The van der Waals surface area contributed by atoms with Crippen molar-refractivity contribution >= 4 is 21.4 Å². The zero-order valence-electron chi connectivity index (χ0n) is 12.4. The van der Waals surface area contributed by atoms with Crippen LogP contribution in [-0.4, -0.2) is 56.9 Å². The Hall–Kier alpha value is -0.470. The lowest BCUT2D eigenvalue weighted by Gasteiger charge is -2.24. The SMILES string of the molecule is CNCc1ccc(S(=O)(=O)N2CCCN3CCCC3C2)s1. The number of hydrogen-bond donors (Lipinski definition) is 1. The smallest absolute Gasteiger partial charge is 0.252 e. The summed E-state index contributed by atoms with van der Waals surface area (Å²) in [5.74, 6) is 0. The summed E-state index contributed by atoms with van der Waals surface area (Å²) in [4.78, 5) is 3.52. The molecule has 2 saturated heterocycles. The molecule has 2 aliphatic heterocycles. The van der Waals surface area contributed by atoms with Gasteiger partial charge in [0.25, 0.3) is 10.0 Å². The molecule has 0 spiro atoms. The zero-order chi connectivity index (χ0) is 14.9. The molecular formula is C14H23N3O2S2. The Kier molecular flexibility index (Phi) is 4.66. The Labute approximate surface area is 131 Å². The molecule has 1 aromatic heterocycles. The number of fused-ring (bicyclic) bond motifs is 1. The van der Waals surface area contributed by atoms with Crippen LogP contribution in [0.2, 0.25) is 0 Å². The van der Waals surface area contributed by atoms with Gasteiger partial charge >= 0.3 is 0 Å². The predicted octanol–water partition coefficient (Wildman–Crippen LogP) is 1.33. The number of nitrogens with zero attached hydrogens (tertiary/aromatic N) is 2. The molecule has 3 heterocycles. The van der Waals surface area contributed by atoms with Crippen molar-refractivity contribution in [2.24, 2.45) is 0 Å². The van der Waals surface area contributed by atoms with Crippen molar-refractivity contribution in [1.82, 2.24) is 14.5 Å². The van der Waals surface area contributed by atoms with Crippen molar-refractivity contribution in [2.75, 3.05) is 33.2 Å². The third kappa shape index (κ3) is 3.17. The normalized spacial score (nSPS) is 24.9. The summed E-state index contributed by atoms with van der Waals surface area (Å²) < 4.78 is 27.9. The van der Waals surface area contributed by atoms with E-state index in [4.69, 9.17) is 0 Å². The van der Waals surface area contributed by atoms with E-state index < -0.39 is 10.0 Å². The van der Waals surface area contributed by atoms with E-state index in [2.05, 4.69) is 10.2 Å². The standard InChI is InChI=1S/C14H23N3O2S2/c1-15-10-13-5-6-14(20-13)21(18,19)17-9-3-8-16-7-2-4-12(16)11-17/h5-6,12,15H,2-4,7-11H2,1H3. The molecule has 0 radical (unpaired) electrons. The molecule has 5 nitrogen and oxygen atoms in total. The van der Waals surface area contributed by atoms with E-state index in [0.717, 1.165) is 37.4 Å². The van der Waals surface area contributed by atoms with E-state index in [9.17, 15) is 8.42 Å². The number of thiophene rings is 1. The van der Waals surface area contributed by atoms with Crippen molar-refractivity contribution in [3.05, 3.63) is 17.0 Å². The third-order valence-corrected chi connectivity index (χ3v) is 7.77. The molecule has 0 saturated carbocycles. The molecule has 118 valence electrons. The molecule has 1 N–H and O–H groups in total. The van der Waals surface area contributed by atoms with Crippen molar-refractivity contribution < 1.29 is 8.42 Å². The topological polar surface area (TPSA) is 52.7 Å². The molecule has 21 heavy (non-hydrogen) atoms. The van der Waals surface area contributed by atoms with E-state index in [1.807, 2.05) is 13.1 Å². The van der Waals surface area contributed by atoms with Crippen LogP contribution in [0.4, 0.5) is 0 Å². The highest BCUT2D eigenvalue weighted by atomic mass is 32.2. The quantitative estimate of drug-likeness (QED) is 0.905. The first-order valence-electron chi connectivity index (χ1n) is 7.59. The minimum atomic E-state index is -3.32. The minimum absolute atomic E-state index is 0.416. The summed E-state index contributed by atoms with van der Waals surface area (Å²) in [6, 6.07) is 4.08. The molecule has 0 aromatic carbocycles. The van der Waals surface area contributed by atoms with E-state index >= 15 is 0 Å². The van der Waals surface area contributed by atoms with Gasteiger partial charge in [-0.05, 0) is 51.5 Å². The van der Waals surface area contributed by atoms with E-state index in [-0.39, 0.29) is 0 Å². The van der Waals surface area contributed by atoms with Crippen LogP contribution in [0, 0.1) is 0 Å². The van der Waals surface area contributed by atoms with Gasteiger partial charge in [-0.15, -0.1) is 11.3 Å². The van der Waals surface area contributed by atoms with Crippen molar-refractivity contribution in [3.63, 3.8) is 0 Å². The van der Waals surface area contributed by atoms with Gasteiger partial charge in [0.1, 0.15) is 4.21 Å².